The fourth-order valence-corrected chi connectivity index (χ4v) is 5.30. The predicted octanol–water partition coefficient (Wildman–Crippen LogP) is 0.493. The molecule has 3 aliphatic heterocycles. The second-order valence-corrected chi connectivity index (χ2v) is 9.66. The SMILES string of the molecule is O=C1CCC(N2Cc3ccc(-n4cc(C(=O)NCC56CC=CC(C5)OC6)nn4)cc3C2=O)C(=O)N1. The number of benzene rings is 1. The van der Waals surface area contributed by atoms with Crippen molar-refractivity contribution in [3.8, 4) is 5.69 Å². The number of amides is 4. The molecule has 1 aromatic heterocycles. The molecule has 4 aliphatic rings. The van der Waals surface area contributed by atoms with Gasteiger partial charge < -0.3 is 15.0 Å². The maximum Gasteiger partial charge on any atom is 0.273 e. The van der Waals surface area contributed by atoms with Gasteiger partial charge in [0, 0.05) is 30.5 Å². The molecule has 1 aliphatic carbocycles. The molecule has 2 aromatic rings. The highest BCUT2D eigenvalue weighted by Gasteiger charge is 2.41. The molecule has 35 heavy (non-hydrogen) atoms. The molecular formula is C24H24N6O5. The van der Waals surface area contributed by atoms with Crippen LogP contribution in [0, 0.1) is 5.41 Å². The normalized spacial score (nSPS) is 27.2. The number of nitrogens with one attached hydrogen (secondary N) is 2. The first-order valence-corrected chi connectivity index (χ1v) is 11.7. The fourth-order valence-electron chi connectivity index (χ4n) is 5.30. The van der Waals surface area contributed by atoms with E-state index in [9.17, 15) is 19.2 Å². The molecule has 2 bridgehead atoms. The Kier molecular flexibility index (Phi) is 5.03. The minimum atomic E-state index is -0.669. The van der Waals surface area contributed by atoms with Gasteiger partial charge in [0.1, 0.15) is 6.04 Å². The molecule has 1 aromatic carbocycles. The van der Waals surface area contributed by atoms with Crippen LogP contribution in [0.3, 0.4) is 0 Å². The number of rotatable bonds is 5. The lowest BCUT2D eigenvalue weighted by molar-refractivity contribution is -0.136. The topological polar surface area (TPSA) is 136 Å². The summed E-state index contributed by atoms with van der Waals surface area (Å²) >= 11 is 0. The van der Waals surface area contributed by atoms with Gasteiger partial charge in [0.05, 0.1) is 24.6 Å². The monoisotopic (exact) mass is 476 g/mol. The number of ether oxygens (including phenoxy) is 1. The van der Waals surface area contributed by atoms with Crippen molar-refractivity contribution in [2.24, 2.45) is 5.41 Å². The van der Waals surface area contributed by atoms with E-state index in [-0.39, 0.29) is 41.4 Å². The summed E-state index contributed by atoms with van der Waals surface area (Å²) in [4.78, 5) is 50.9. The van der Waals surface area contributed by atoms with Gasteiger partial charge in [0.15, 0.2) is 5.69 Å². The van der Waals surface area contributed by atoms with Crippen LogP contribution >= 0.6 is 0 Å². The number of carbonyl (C=O) groups is 4. The minimum absolute atomic E-state index is 0.0696. The van der Waals surface area contributed by atoms with E-state index < -0.39 is 11.9 Å². The Balaban J connectivity index is 1.15. The number of hydrogen-bond donors (Lipinski definition) is 2. The summed E-state index contributed by atoms with van der Waals surface area (Å²) in [5.74, 6) is -1.35. The van der Waals surface area contributed by atoms with Gasteiger partial charge >= 0.3 is 0 Å². The first-order chi connectivity index (χ1) is 16.9. The predicted molar refractivity (Wildman–Crippen MR) is 120 cm³/mol. The standard InChI is InChI=1S/C24H24N6O5/c31-20-6-5-19(22(33)26-20)29-10-14-3-4-15(8-17(14)23(29)34)30-11-18(27-28-30)21(32)25-12-24-7-1-2-16(9-24)35-13-24/h1-4,8,11,16,19H,5-7,9-10,12-13H2,(H,25,32)(H,26,31,33). The number of aromatic nitrogens is 3. The van der Waals surface area contributed by atoms with Crippen LogP contribution in [0.2, 0.25) is 0 Å². The van der Waals surface area contributed by atoms with E-state index >= 15 is 0 Å². The van der Waals surface area contributed by atoms with E-state index in [4.69, 9.17) is 4.74 Å². The molecule has 3 atom stereocenters. The zero-order chi connectivity index (χ0) is 24.2. The van der Waals surface area contributed by atoms with Gasteiger partial charge in [-0.3, -0.25) is 24.5 Å². The number of nitrogens with zero attached hydrogens (tertiary/aromatic N) is 4. The van der Waals surface area contributed by atoms with Crippen LogP contribution in [0.1, 0.15) is 52.1 Å². The highest BCUT2D eigenvalue weighted by molar-refractivity contribution is 6.05. The van der Waals surface area contributed by atoms with Gasteiger partial charge in [-0.2, -0.15) is 0 Å². The molecule has 2 N–H and O–H groups in total. The first-order valence-electron chi connectivity index (χ1n) is 11.7. The van der Waals surface area contributed by atoms with Gasteiger partial charge in [-0.05, 0) is 37.0 Å². The molecule has 6 rings (SSSR count). The average molecular weight is 476 g/mol. The van der Waals surface area contributed by atoms with Crippen molar-refractivity contribution in [1.29, 1.82) is 0 Å². The summed E-state index contributed by atoms with van der Waals surface area (Å²) in [7, 11) is 0. The molecule has 4 amide bonds. The molecular weight excluding hydrogens is 452 g/mol. The van der Waals surface area contributed by atoms with E-state index in [1.807, 2.05) is 6.07 Å². The third-order valence-corrected chi connectivity index (χ3v) is 7.27. The van der Waals surface area contributed by atoms with Crippen LogP contribution in [0.5, 0.6) is 0 Å². The number of fused-ring (bicyclic) bond motifs is 3. The number of hydrogen-bond acceptors (Lipinski definition) is 7. The highest BCUT2D eigenvalue weighted by atomic mass is 16.5. The van der Waals surface area contributed by atoms with Gasteiger partial charge in [0.25, 0.3) is 11.8 Å². The van der Waals surface area contributed by atoms with Crippen molar-refractivity contribution in [3.63, 3.8) is 0 Å². The van der Waals surface area contributed by atoms with E-state index in [2.05, 4.69) is 33.1 Å². The van der Waals surface area contributed by atoms with Gasteiger partial charge in [-0.1, -0.05) is 23.4 Å². The maximum atomic E-state index is 13.1. The molecule has 2 fully saturated rings. The van der Waals surface area contributed by atoms with Crippen LogP contribution in [-0.4, -0.2) is 68.8 Å². The summed E-state index contributed by atoms with van der Waals surface area (Å²) < 4.78 is 7.20. The smallest absolute Gasteiger partial charge is 0.273 e. The molecule has 4 heterocycles. The van der Waals surface area contributed by atoms with Gasteiger partial charge in [-0.15, -0.1) is 5.10 Å². The second kappa shape index (κ2) is 8.12. The third kappa shape index (κ3) is 3.81. The van der Waals surface area contributed by atoms with Crippen LogP contribution in [0.4, 0.5) is 0 Å². The van der Waals surface area contributed by atoms with Crippen molar-refractivity contribution in [2.75, 3.05) is 13.2 Å². The Morgan fingerprint density at radius 3 is 3.03 bits per heavy atom. The highest BCUT2D eigenvalue weighted by Crippen LogP contribution is 2.39. The Labute approximate surface area is 200 Å². The number of allylic oxidation sites excluding steroid dienone is 1. The van der Waals surface area contributed by atoms with Crippen molar-refractivity contribution >= 4 is 23.6 Å². The van der Waals surface area contributed by atoms with Gasteiger partial charge in [0.2, 0.25) is 11.8 Å². The lowest BCUT2D eigenvalue weighted by Gasteiger charge is -2.29. The Morgan fingerprint density at radius 2 is 2.17 bits per heavy atom. The fraction of sp³-hybridized carbons (Fsp3) is 0.417. The molecule has 0 spiro atoms. The zero-order valence-corrected chi connectivity index (χ0v) is 18.9. The van der Waals surface area contributed by atoms with Crippen LogP contribution in [0.15, 0.2) is 36.5 Å². The quantitative estimate of drug-likeness (QED) is 0.474. The first kappa shape index (κ1) is 21.7. The third-order valence-electron chi connectivity index (χ3n) is 7.27. The molecule has 0 radical (unpaired) electrons. The van der Waals surface area contributed by atoms with Crippen LogP contribution in [-0.2, 0) is 20.9 Å². The van der Waals surface area contributed by atoms with Crippen LogP contribution < -0.4 is 10.6 Å². The average Bonchev–Trinajstić information content (AvgIpc) is 3.54. The molecule has 11 nitrogen and oxygen atoms in total. The largest absolute Gasteiger partial charge is 0.373 e. The van der Waals surface area contributed by atoms with E-state index in [0.29, 0.717) is 37.4 Å². The van der Waals surface area contributed by atoms with E-state index in [1.165, 1.54) is 15.8 Å². The molecule has 3 unspecified atom stereocenters. The lowest BCUT2D eigenvalue weighted by atomic mass is 9.79. The number of imide groups is 1. The van der Waals surface area contributed by atoms with Crippen molar-refractivity contribution < 1.29 is 23.9 Å². The maximum absolute atomic E-state index is 13.1. The molecule has 2 saturated heterocycles. The Morgan fingerprint density at radius 1 is 1.29 bits per heavy atom. The Bertz CT molecular complexity index is 1280. The molecule has 11 heteroatoms. The summed E-state index contributed by atoms with van der Waals surface area (Å²) in [5.41, 5.74) is 1.95. The number of piperidine rings is 1. The summed E-state index contributed by atoms with van der Waals surface area (Å²) in [6.45, 7) is 1.42. The minimum Gasteiger partial charge on any atom is -0.373 e. The van der Waals surface area contributed by atoms with Crippen molar-refractivity contribution in [1.82, 2.24) is 30.5 Å². The van der Waals surface area contributed by atoms with Crippen LogP contribution in [0.25, 0.3) is 5.69 Å². The molecule has 180 valence electrons. The summed E-state index contributed by atoms with van der Waals surface area (Å²) in [6.07, 6.45) is 8.13. The second-order valence-electron chi connectivity index (χ2n) is 9.66. The zero-order valence-electron chi connectivity index (χ0n) is 18.9. The summed E-state index contributed by atoms with van der Waals surface area (Å²) in [5, 5.41) is 13.3. The lowest BCUT2D eigenvalue weighted by Crippen LogP contribution is -2.52. The van der Waals surface area contributed by atoms with E-state index in [0.717, 1.165) is 18.4 Å². The Hall–Kier alpha value is -3.86. The van der Waals surface area contributed by atoms with E-state index in [1.54, 1.807) is 12.1 Å². The number of carbonyl (C=O) groups excluding carboxylic acids is 4. The van der Waals surface area contributed by atoms with Gasteiger partial charge in [-0.25, -0.2) is 4.68 Å². The summed E-state index contributed by atoms with van der Waals surface area (Å²) in [6, 6.07) is 4.61. The van der Waals surface area contributed by atoms with Crippen molar-refractivity contribution in [2.45, 2.75) is 44.4 Å². The van der Waals surface area contributed by atoms with Crippen molar-refractivity contribution in [3.05, 3.63) is 53.4 Å². The molecule has 0 saturated carbocycles.